The van der Waals surface area contributed by atoms with Crippen LogP contribution in [0.1, 0.15) is 71.4 Å². The zero-order valence-electron chi connectivity index (χ0n) is 16.7. The number of carbonyl (C=O) groups is 1. The summed E-state index contributed by atoms with van der Waals surface area (Å²) in [5, 5.41) is 10.8. The molecule has 0 bridgehead atoms. The van der Waals surface area contributed by atoms with Crippen molar-refractivity contribution in [3.05, 3.63) is 34.0 Å². The average Bonchev–Trinajstić information content (AvgIpc) is 3.46. The molecular formula is C21H28N6O. The fourth-order valence-corrected chi connectivity index (χ4v) is 4.45. The maximum Gasteiger partial charge on any atom is 0.270 e. The van der Waals surface area contributed by atoms with E-state index in [1.54, 1.807) is 0 Å². The highest BCUT2D eigenvalue weighted by Crippen LogP contribution is 2.42. The lowest BCUT2D eigenvalue weighted by Gasteiger charge is -2.28. The summed E-state index contributed by atoms with van der Waals surface area (Å²) in [6, 6.07) is 0. The van der Waals surface area contributed by atoms with Crippen LogP contribution in [0.4, 0.5) is 5.82 Å². The second-order valence-corrected chi connectivity index (χ2v) is 8.72. The minimum absolute atomic E-state index is 0.0600. The van der Waals surface area contributed by atoms with Crippen LogP contribution in [-0.4, -0.2) is 45.7 Å². The number of amides is 1. The van der Waals surface area contributed by atoms with Crippen molar-refractivity contribution in [2.24, 2.45) is 5.92 Å². The topological polar surface area (TPSA) is 86.8 Å². The number of rotatable bonds is 4. The van der Waals surface area contributed by atoms with E-state index >= 15 is 0 Å². The quantitative estimate of drug-likeness (QED) is 0.849. The molecule has 4 heterocycles. The summed E-state index contributed by atoms with van der Waals surface area (Å²) < 4.78 is 0. The molecule has 0 radical (unpaired) electrons. The van der Waals surface area contributed by atoms with Crippen molar-refractivity contribution in [1.29, 1.82) is 0 Å². The lowest BCUT2D eigenvalue weighted by atomic mass is 10.0. The lowest BCUT2D eigenvalue weighted by molar-refractivity contribution is 0.0940. The van der Waals surface area contributed by atoms with Crippen LogP contribution in [0, 0.1) is 5.92 Å². The van der Waals surface area contributed by atoms with Crippen molar-refractivity contribution >= 4 is 11.7 Å². The Bertz CT molecular complexity index is 914. The van der Waals surface area contributed by atoms with Gasteiger partial charge in [-0.2, -0.15) is 5.10 Å². The minimum atomic E-state index is -0.0600. The highest BCUT2D eigenvalue weighted by molar-refractivity contribution is 5.96. The van der Waals surface area contributed by atoms with Gasteiger partial charge < -0.3 is 10.2 Å². The molecule has 0 aromatic carbocycles. The van der Waals surface area contributed by atoms with Crippen LogP contribution in [0.2, 0.25) is 0 Å². The number of H-pyrrole nitrogens is 1. The first-order valence-corrected chi connectivity index (χ1v) is 10.6. The van der Waals surface area contributed by atoms with E-state index < -0.39 is 0 Å². The number of nitrogens with one attached hydrogen (secondary N) is 2. The normalized spacial score (nSPS) is 19.2. The van der Waals surface area contributed by atoms with Crippen molar-refractivity contribution in [2.75, 3.05) is 24.5 Å². The van der Waals surface area contributed by atoms with Gasteiger partial charge in [-0.1, -0.05) is 13.8 Å². The van der Waals surface area contributed by atoms with Crippen LogP contribution in [0.5, 0.6) is 0 Å². The molecule has 28 heavy (non-hydrogen) atoms. The third-order valence-corrected chi connectivity index (χ3v) is 6.01. The summed E-state index contributed by atoms with van der Waals surface area (Å²) in [5.74, 6) is 2.81. The fraction of sp³-hybridized carbons (Fsp3) is 0.619. The molecule has 7 nitrogen and oxygen atoms in total. The summed E-state index contributed by atoms with van der Waals surface area (Å²) in [5.41, 5.74) is 5.60. The monoisotopic (exact) mass is 380 g/mol. The molecule has 0 spiro atoms. The molecule has 7 heteroatoms. The fourth-order valence-electron chi connectivity index (χ4n) is 4.45. The van der Waals surface area contributed by atoms with E-state index in [1.165, 1.54) is 29.8 Å². The SMILES string of the molecule is CC(C)Cc1nc2c(c(N3CCc4[nH]nc(C5CC5)c4CC3)n1)CCNC2=O. The molecule has 1 fully saturated rings. The molecule has 0 saturated heterocycles. The van der Waals surface area contributed by atoms with Gasteiger partial charge in [0.05, 0.1) is 5.69 Å². The van der Waals surface area contributed by atoms with Gasteiger partial charge in [0.2, 0.25) is 0 Å². The Balaban J connectivity index is 1.48. The van der Waals surface area contributed by atoms with E-state index in [9.17, 15) is 4.79 Å². The van der Waals surface area contributed by atoms with Crippen LogP contribution < -0.4 is 10.2 Å². The molecule has 2 aliphatic heterocycles. The molecule has 5 rings (SSSR count). The molecule has 2 aromatic rings. The van der Waals surface area contributed by atoms with Gasteiger partial charge in [0.1, 0.15) is 17.3 Å². The molecule has 1 amide bonds. The number of carbonyl (C=O) groups excluding carboxylic acids is 1. The van der Waals surface area contributed by atoms with Gasteiger partial charge in [-0.25, -0.2) is 9.97 Å². The Morgan fingerprint density at radius 1 is 1.11 bits per heavy atom. The largest absolute Gasteiger partial charge is 0.356 e. The van der Waals surface area contributed by atoms with Crippen LogP contribution >= 0.6 is 0 Å². The third-order valence-electron chi connectivity index (χ3n) is 6.01. The zero-order valence-corrected chi connectivity index (χ0v) is 16.7. The van der Waals surface area contributed by atoms with E-state index in [0.717, 1.165) is 56.0 Å². The number of aromatic nitrogens is 4. The molecule has 0 atom stereocenters. The molecular weight excluding hydrogens is 352 g/mol. The van der Waals surface area contributed by atoms with Gasteiger partial charge in [0.15, 0.2) is 0 Å². The predicted molar refractivity (Wildman–Crippen MR) is 107 cm³/mol. The van der Waals surface area contributed by atoms with Crippen molar-refractivity contribution in [3.8, 4) is 0 Å². The average molecular weight is 380 g/mol. The number of nitrogens with zero attached hydrogens (tertiary/aromatic N) is 4. The second kappa shape index (κ2) is 6.87. The smallest absolute Gasteiger partial charge is 0.270 e. The van der Waals surface area contributed by atoms with Gasteiger partial charge >= 0.3 is 0 Å². The third kappa shape index (κ3) is 3.16. The maximum absolute atomic E-state index is 12.5. The summed E-state index contributed by atoms with van der Waals surface area (Å²) in [6.45, 7) is 6.79. The maximum atomic E-state index is 12.5. The lowest BCUT2D eigenvalue weighted by Crippen LogP contribution is -2.37. The predicted octanol–water partition coefficient (Wildman–Crippen LogP) is 2.17. The molecule has 2 aromatic heterocycles. The van der Waals surface area contributed by atoms with Gasteiger partial charge in [-0.15, -0.1) is 0 Å². The van der Waals surface area contributed by atoms with Crippen molar-refractivity contribution < 1.29 is 4.79 Å². The van der Waals surface area contributed by atoms with Crippen LogP contribution in [0.25, 0.3) is 0 Å². The molecule has 148 valence electrons. The summed E-state index contributed by atoms with van der Waals surface area (Å²) >= 11 is 0. The van der Waals surface area contributed by atoms with Crippen LogP contribution in [0.3, 0.4) is 0 Å². The van der Waals surface area contributed by atoms with Crippen molar-refractivity contribution in [1.82, 2.24) is 25.5 Å². The molecule has 2 N–H and O–H groups in total. The van der Waals surface area contributed by atoms with Crippen molar-refractivity contribution in [2.45, 2.75) is 58.3 Å². The number of hydrogen-bond donors (Lipinski definition) is 2. The highest BCUT2D eigenvalue weighted by Gasteiger charge is 2.32. The Labute approximate surface area is 165 Å². The highest BCUT2D eigenvalue weighted by atomic mass is 16.1. The Morgan fingerprint density at radius 3 is 2.71 bits per heavy atom. The molecule has 1 saturated carbocycles. The standard InChI is InChI=1S/C21H28N6O/c1-12(2)11-17-23-19-15(5-8-22-21(19)28)20(24-17)27-9-6-14-16(7-10-27)25-26-18(14)13-3-4-13/h12-13H,3-11H2,1-2H3,(H,22,28)(H,25,26). The summed E-state index contributed by atoms with van der Waals surface area (Å²) in [7, 11) is 0. The summed E-state index contributed by atoms with van der Waals surface area (Å²) in [6.07, 6.45) is 6.06. The second-order valence-electron chi connectivity index (χ2n) is 8.72. The Kier molecular flexibility index (Phi) is 4.33. The first-order valence-electron chi connectivity index (χ1n) is 10.6. The van der Waals surface area contributed by atoms with E-state index in [-0.39, 0.29) is 5.91 Å². The number of hydrogen-bond acceptors (Lipinski definition) is 5. The number of fused-ring (bicyclic) bond motifs is 2. The molecule has 3 aliphatic rings. The minimum Gasteiger partial charge on any atom is -0.356 e. The van der Waals surface area contributed by atoms with E-state index in [4.69, 9.17) is 4.98 Å². The van der Waals surface area contributed by atoms with E-state index in [1.807, 2.05) is 0 Å². The van der Waals surface area contributed by atoms with E-state index in [0.29, 0.717) is 24.1 Å². The van der Waals surface area contributed by atoms with E-state index in [2.05, 4.69) is 39.2 Å². The van der Waals surface area contributed by atoms with Gasteiger partial charge in [0, 0.05) is 49.7 Å². The Morgan fingerprint density at radius 2 is 1.93 bits per heavy atom. The Hall–Kier alpha value is -2.44. The molecule has 0 unspecified atom stereocenters. The first kappa shape index (κ1) is 17.6. The van der Waals surface area contributed by atoms with Gasteiger partial charge in [-0.3, -0.25) is 9.89 Å². The first-order chi connectivity index (χ1) is 13.6. The van der Waals surface area contributed by atoms with Gasteiger partial charge in [-0.05, 0) is 37.2 Å². The van der Waals surface area contributed by atoms with Crippen LogP contribution in [-0.2, 0) is 25.7 Å². The van der Waals surface area contributed by atoms with Crippen molar-refractivity contribution in [3.63, 3.8) is 0 Å². The zero-order chi connectivity index (χ0) is 19.3. The summed E-state index contributed by atoms with van der Waals surface area (Å²) in [4.78, 5) is 24.4. The van der Waals surface area contributed by atoms with Crippen LogP contribution in [0.15, 0.2) is 0 Å². The number of aromatic amines is 1. The number of anilines is 1. The van der Waals surface area contributed by atoms with Gasteiger partial charge in [0.25, 0.3) is 5.91 Å². The molecule has 1 aliphatic carbocycles.